The molecule has 0 spiro atoms. The summed E-state index contributed by atoms with van der Waals surface area (Å²) in [5.74, 6) is 1.22. The van der Waals surface area contributed by atoms with Crippen LogP contribution < -0.4 is 26.6 Å². The molecule has 210 valence electrons. The number of ether oxygens (including phenoxy) is 1. The number of pyridine rings is 2. The lowest BCUT2D eigenvalue weighted by molar-refractivity contribution is 0.153. The number of rotatable bonds is 8. The number of nitrogens with one attached hydrogen (secondary N) is 1. The Bertz CT molecular complexity index is 1940. The molecule has 2 aliphatic rings. The minimum absolute atomic E-state index is 0.0979. The summed E-state index contributed by atoms with van der Waals surface area (Å²) >= 11 is 0. The first-order valence-corrected chi connectivity index (χ1v) is 13.9. The molecule has 0 atom stereocenters. The molecule has 7 rings (SSSR count). The minimum Gasteiger partial charge on any atom is -0.491 e. The number of nitrogens with zero attached hydrogens (tertiary/aromatic N) is 5. The first-order valence-electron chi connectivity index (χ1n) is 13.9. The monoisotopic (exact) mass is 559 g/mol. The van der Waals surface area contributed by atoms with Crippen LogP contribution in [0.15, 0.2) is 82.5 Å². The molecule has 42 heavy (non-hydrogen) atoms. The van der Waals surface area contributed by atoms with Gasteiger partial charge in [0, 0.05) is 31.5 Å². The summed E-state index contributed by atoms with van der Waals surface area (Å²) in [6.45, 7) is 2.28. The Morgan fingerprint density at radius 1 is 1.02 bits per heavy atom. The van der Waals surface area contributed by atoms with Crippen molar-refractivity contribution in [2.75, 3.05) is 31.2 Å². The number of nitrogens with two attached hydrogens (primary N) is 1. The van der Waals surface area contributed by atoms with Crippen molar-refractivity contribution in [3.63, 3.8) is 0 Å². The Labute approximate surface area is 241 Å². The molecule has 0 amide bonds. The predicted molar refractivity (Wildman–Crippen MR) is 163 cm³/mol. The second kappa shape index (κ2) is 10.4. The highest BCUT2D eigenvalue weighted by atomic mass is 16.5. The third-order valence-electron chi connectivity index (χ3n) is 7.85. The Balaban J connectivity index is 1.15. The lowest BCUT2D eigenvalue weighted by Crippen LogP contribution is -2.55. The molecule has 3 aromatic heterocycles. The van der Waals surface area contributed by atoms with Crippen LogP contribution in [-0.4, -0.2) is 50.7 Å². The summed E-state index contributed by atoms with van der Waals surface area (Å²) in [7, 11) is 1.40. The van der Waals surface area contributed by atoms with E-state index in [0.717, 1.165) is 71.7 Å². The van der Waals surface area contributed by atoms with E-state index in [1.165, 1.54) is 7.11 Å². The van der Waals surface area contributed by atoms with Crippen LogP contribution >= 0.6 is 0 Å². The Hall–Kier alpha value is -5.09. The van der Waals surface area contributed by atoms with Crippen molar-refractivity contribution in [2.45, 2.75) is 25.4 Å². The van der Waals surface area contributed by atoms with Gasteiger partial charge < -0.3 is 15.8 Å². The highest BCUT2D eigenvalue weighted by Gasteiger charge is 2.31. The zero-order valence-electron chi connectivity index (χ0n) is 23.1. The maximum absolute atomic E-state index is 11.8. The molecule has 1 aliphatic carbocycles. The number of hydrogen-bond acceptors (Lipinski definition) is 9. The lowest BCUT2D eigenvalue weighted by atomic mass is 10.0. The number of likely N-dealkylation sites (tertiary alicyclic amines) is 1. The number of allylic oxidation sites excluding steroid dienone is 4. The van der Waals surface area contributed by atoms with Gasteiger partial charge in [0.05, 0.1) is 24.4 Å². The Morgan fingerprint density at radius 2 is 1.86 bits per heavy atom. The van der Waals surface area contributed by atoms with E-state index in [-0.39, 0.29) is 11.8 Å². The molecule has 0 radical (unpaired) electrons. The molecular weight excluding hydrogens is 530 g/mol. The summed E-state index contributed by atoms with van der Waals surface area (Å²) in [5.41, 5.74) is 11.9. The van der Waals surface area contributed by atoms with Crippen LogP contribution in [-0.2, 0) is 6.54 Å². The van der Waals surface area contributed by atoms with E-state index in [1.807, 2.05) is 28.8 Å². The van der Waals surface area contributed by atoms with Gasteiger partial charge in [0.25, 0.3) is 10.9 Å². The van der Waals surface area contributed by atoms with Crippen molar-refractivity contribution in [3.05, 3.63) is 105 Å². The van der Waals surface area contributed by atoms with Gasteiger partial charge in [-0.1, -0.05) is 30.4 Å². The third kappa shape index (κ3) is 4.46. The minimum atomic E-state index is -0.564. The molecule has 0 unspecified atom stereocenters. The van der Waals surface area contributed by atoms with Crippen molar-refractivity contribution < 1.29 is 4.74 Å². The first kappa shape index (κ1) is 25.8. The van der Waals surface area contributed by atoms with Crippen LogP contribution in [0.2, 0.25) is 0 Å². The number of imidazole rings is 1. The second-order valence-corrected chi connectivity index (χ2v) is 10.7. The summed E-state index contributed by atoms with van der Waals surface area (Å²) in [4.78, 5) is 40.0. The van der Waals surface area contributed by atoms with Crippen LogP contribution in [0.4, 0.5) is 11.5 Å². The third-order valence-corrected chi connectivity index (χ3v) is 7.85. The molecule has 3 N–H and O–H groups in total. The standard InChI is InChI=1S/C32H29N7O3/c1-42-29-26(27(40)28(29)41)35-21-17-38(18-21)16-19-9-11-22(12-10-19)39-31(23-8-5-15-34-30(23)33)37-25-14-13-24(36-32(25)39)20-6-3-2-4-7-20/h3,5-15,21,35H,2,4,16-18H2,1H3,(H2,33,34). The van der Waals surface area contributed by atoms with E-state index in [2.05, 4.69) is 57.7 Å². The van der Waals surface area contributed by atoms with Crippen molar-refractivity contribution in [2.24, 2.45) is 0 Å². The predicted octanol–water partition coefficient (Wildman–Crippen LogP) is 3.70. The van der Waals surface area contributed by atoms with Gasteiger partial charge in [-0.3, -0.25) is 19.1 Å². The molecule has 1 aliphatic heterocycles. The fourth-order valence-corrected chi connectivity index (χ4v) is 5.65. The van der Waals surface area contributed by atoms with Crippen molar-refractivity contribution in [1.29, 1.82) is 0 Å². The van der Waals surface area contributed by atoms with Gasteiger partial charge in [-0.2, -0.15) is 0 Å². The molecule has 4 heterocycles. The van der Waals surface area contributed by atoms with E-state index in [1.54, 1.807) is 6.20 Å². The van der Waals surface area contributed by atoms with Gasteiger partial charge in [-0.15, -0.1) is 0 Å². The number of nitrogen functional groups attached to an aromatic ring is 1. The highest BCUT2D eigenvalue weighted by Crippen LogP contribution is 2.32. The molecule has 10 heteroatoms. The Morgan fingerprint density at radius 3 is 2.60 bits per heavy atom. The van der Waals surface area contributed by atoms with Gasteiger partial charge >= 0.3 is 0 Å². The van der Waals surface area contributed by atoms with Gasteiger partial charge in [-0.25, -0.2) is 15.0 Å². The maximum Gasteiger partial charge on any atom is 0.271 e. The molecule has 1 fully saturated rings. The number of benzene rings is 1. The van der Waals surface area contributed by atoms with Crippen molar-refractivity contribution in [3.8, 4) is 22.8 Å². The fourth-order valence-electron chi connectivity index (χ4n) is 5.65. The number of methoxy groups -OCH3 is 1. The second-order valence-electron chi connectivity index (χ2n) is 10.7. The van der Waals surface area contributed by atoms with Crippen LogP contribution in [0.25, 0.3) is 33.8 Å². The first-order chi connectivity index (χ1) is 20.5. The molecule has 5 aromatic rings. The summed E-state index contributed by atoms with van der Waals surface area (Å²) in [5, 5.41) is 3.15. The van der Waals surface area contributed by atoms with Crippen molar-refractivity contribution >= 4 is 28.2 Å². The van der Waals surface area contributed by atoms with Crippen molar-refractivity contribution in [1.82, 2.24) is 24.4 Å². The average Bonchev–Trinajstić information content (AvgIpc) is 3.38. The van der Waals surface area contributed by atoms with Gasteiger partial charge in [0.15, 0.2) is 17.2 Å². The Kier molecular flexibility index (Phi) is 6.39. The molecule has 0 bridgehead atoms. The quantitative estimate of drug-likeness (QED) is 0.274. The van der Waals surface area contributed by atoms with Gasteiger partial charge in [-0.05, 0) is 60.4 Å². The van der Waals surface area contributed by atoms with E-state index >= 15 is 0 Å². The lowest BCUT2D eigenvalue weighted by Gasteiger charge is -2.40. The zero-order chi connectivity index (χ0) is 28.8. The van der Waals surface area contributed by atoms with Gasteiger partial charge in [0.1, 0.15) is 17.0 Å². The SMILES string of the molecule is COc1c(NC2CN(Cc3ccc(-n4c(-c5cccnc5N)nc5ccc(C6=CCCC=C6)nc54)cc3)C2)c(=O)c1=O. The van der Waals surface area contributed by atoms with Crippen LogP contribution in [0.5, 0.6) is 5.75 Å². The average molecular weight is 560 g/mol. The summed E-state index contributed by atoms with van der Waals surface area (Å²) < 4.78 is 7.07. The highest BCUT2D eigenvalue weighted by molar-refractivity contribution is 5.85. The van der Waals surface area contributed by atoms with E-state index < -0.39 is 10.9 Å². The zero-order valence-corrected chi connectivity index (χ0v) is 23.1. The molecule has 0 saturated carbocycles. The molecular formula is C32H29N7O3. The molecule has 10 nitrogen and oxygen atoms in total. The van der Waals surface area contributed by atoms with Crippen LogP contribution in [0, 0.1) is 0 Å². The number of hydrogen-bond donors (Lipinski definition) is 2. The molecule has 2 aromatic carbocycles. The van der Waals surface area contributed by atoms with Crippen LogP contribution in [0.3, 0.4) is 0 Å². The van der Waals surface area contributed by atoms with Gasteiger partial charge in [0.2, 0.25) is 0 Å². The fraction of sp³-hybridized carbons (Fsp3) is 0.219. The smallest absolute Gasteiger partial charge is 0.271 e. The van der Waals surface area contributed by atoms with E-state index in [4.69, 9.17) is 20.4 Å². The number of anilines is 2. The largest absolute Gasteiger partial charge is 0.491 e. The molecule has 1 saturated heterocycles. The summed E-state index contributed by atoms with van der Waals surface area (Å²) in [6, 6.07) is 16.3. The number of fused-ring (bicyclic) bond motifs is 1. The maximum atomic E-state index is 11.8. The topological polar surface area (TPSA) is 128 Å². The van der Waals surface area contributed by atoms with E-state index in [9.17, 15) is 9.59 Å². The number of aromatic nitrogens is 4. The normalized spacial score (nSPS) is 15.6. The van der Waals surface area contributed by atoms with Crippen LogP contribution in [0.1, 0.15) is 24.1 Å². The van der Waals surface area contributed by atoms with E-state index in [0.29, 0.717) is 17.3 Å². The summed E-state index contributed by atoms with van der Waals surface area (Å²) in [6.07, 6.45) is 10.2.